The van der Waals surface area contributed by atoms with E-state index in [0.29, 0.717) is 0 Å². The second-order valence-electron chi connectivity index (χ2n) is 8.55. The molecule has 0 aliphatic heterocycles. The summed E-state index contributed by atoms with van der Waals surface area (Å²) in [6, 6.07) is 31.4. The summed E-state index contributed by atoms with van der Waals surface area (Å²) in [6.07, 6.45) is 0. The molecular formula is C30H20. The second-order valence-corrected chi connectivity index (χ2v) is 8.55. The molecule has 7 rings (SSSR count). The van der Waals surface area contributed by atoms with Crippen molar-refractivity contribution in [1.29, 1.82) is 0 Å². The van der Waals surface area contributed by atoms with Gasteiger partial charge in [0.25, 0.3) is 0 Å². The van der Waals surface area contributed by atoms with Crippen molar-refractivity contribution >= 4 is 64.6 Å². The van der Waals surface area contributed by atoms with E-state index in [2.05, 4.69) is 98.8 Å². The fraction of sp³-hybridized carbons (Fsp3) is 0.0667. The zero-order chi connectivity index (χ0) is 20.0. The van der Waals surface area contributed by atoms with Crippen LogP contribution < -0.4 is 0 Å². The van der Waals surface area contributed by atoms with E-state index < -0.39 is 0 Å². The quantitative estimate of drug-likeness (QED) is 0.182. The van der Waals surface area contributed by atoms with E-state index in [9.17, 15) is 0 Å². The third kappa shape index (κ3) is 1.78. The van der Waals surface area contributed by atoms with Crippen molar-refractivity contribution < 1.29 is 0 Å². The molecule has 0 heteroatoms. The average molecular weight is 380 g/mol. The van der Waals surface area contributed by atoms with Gasteiger partial charge in [-0.25, -0.2) is 0 Å². The van der Waals surface area contributed by atoms with Crippen LogP contribution >= 0.6 is 0 Å². The molecule has 0 spiro atoms. The predicted molar refractivity (Wildman–Crippen MR) is 132 cm³/mol. The molecule has 0 aromatic heterocycles. The Morgan fingerprint density at radius 3 is 1.00 bits per heavy atom. The Morgan fingerprint density at radius 2 is 0.600 bits per heavy atom. The molecule has 7 aromatic rings. The van der Waals surface area contributed by atoms with Crippen LogP contribution in [-0.2, 0) is 0 Å². The molecule has 0 N–H and O–H groups in total. The smallest absolute Gasteiger partial charge is 0.00171 e. The Kier molecular flexibility index (Phi) is 2.96. The number of aryl methyl sites for hydroxylation is 2. The summed E-state index contributed by atoms with van der Waals surface area (Å²) >= 11 is 0. The predicted octanol–water partition coefficient (Wildman–Crippen LogP) is 8.66. The van der Waals surface area contributed by atoms with Crippen molar-refractivity contribution in [3.63, 3.8) is 0 Å². The highest BCUT2D eigenvalue weighted by Gasteiger charge is 2.20. The molecule has 0 aliphatic carbocycles. The lowest BCUT2D eigenvalue weighted by Crippen LogP contribution is -1.94. The van der Waals surface area contributed by atoms with Crippen LogP contribution in [0.4, 0.5) is 0 Å². The Bertz CT molecular complexity index is 1670. The summed E-state index contributed by atoms with van der Waals surface area (Å²) < 4.78 is 0. The second kappa shape index (κ2) is 5.49. The van der Waals surface area contributed by atoms with Crippen LogP contribution in [0.3, 0.4) is 0 Å². The first-order chi connectivity index (χ1) is 14.8. The van der Waals surface area contributed by atoms with Gasteiger partial charge in [-0.15, -0.1) is 0 Å². The van der Waals surface area contributed by atoms with Crippen LogP contribution in [0.1, 0.15) is 11.1 Å². The van der Waals surface area contributed by atoms with E-state index in [1.54, 1.807) is 0 Å². The van der Waals surface area contributed by atoms with Gasteiger partial charge >= 0.3 is 0 Å². The van der Waals surface area contributed by atoms with Gasteiger partial charge < -0.3 is 0 Å². The minimum absolute atomic E-state index is 1.35. The van der Waals surface area contributed by atoms with Crippen molar-refractivity contribution in [3.8, 4) is 0 Å². The van der Waals surface area contributed by atoms with Gasteiger partial charge in [-0.3, -0.25) is 0 Å². The van der Waals surface area contributed by atoms with Crippen molar-refractivity contribution in [1.82, 2.24) is 0 Å². The molecule has 7 aromatic carbocycles. The molecule has 0 radical (unpaired) electrons. The summed E-state index contributed by atoms with van der Waals surface area (Å²) in [6.45, 7) is 4.62. The Balaban J connectivity index is 1.99. The van der Waals surface area contributed by atoms with Gasteiger partial charge in [0, 0.05) is 0 Å². The van der Waals surface area contributed by atoms with Crippen molar-refractivity contribution in [2.45, 2.75) is 13.8 Å². The Morgan fingerprint density at radius 1 is 0.300 bits per heavy atom. The Hall–Kier alpha value is -3.64. The van der Waals surface area contributed by atoms with Crippen LogP contribution in [0, 0.1) is 13.8 Å². The lowest BCUT2D eigenvalue weighted by atomic mass is 9.82. The van der Waals surface area contributed by atoms with Crippen molar-refractivity contribution in [2.75, 3.05) is 0 Å². The van der Waals surface area contributed by atoms with E-state index in [1.807, 2.05) is 0 Å². The molecule has 0 aliphatic rings. The summed E-state index contributed by atoms with van der Waals surface area (Å²) in [5.74, 6) is 0. The third-order valence-electron chi connectivity index (χ3n) is 7.16. The first-order valence-electron chi connectivity index (χ1n) is 10.6. The summed E-state index contributed by atoms with van der Waals surface area (Å²) in [5.41, 5.74) is 2.78. The number of rotatable bonds is 0. The van der Waals surface area contributed by atoms with Gasteiger partial charge in [0.05, 0.1) is 0 Å². The minimum Gasteiger partial charge on any atom is -0.0616 e. The number of hydrogen-bond acceptors (Lipinski definition) is 0. The standard InChI is InChI=1S/C30H20/c1-17-19-9-3-5-11-21(19)23-13-7-15-25-26-16-8-14-24-22-12-6-4-10-20(22)18(2)28(30(24)26)27(17)29(23)25/h3-16H,1-2H3. The van der Waals surface area contributed by atoms with Gasteiger partial charge in [0.2, 0.25) is 0 Å². The highest BCUT2D eigenvalue weighted by molar-refractivity contribution is 6.40. The molecule has 0 amide bonds. The Labute approximate surface area is 174 Å². The number of fused-ring (bicyclic) bond motifs is 6. The van der Waals surface area contributed by atoms with Gasteiger partial charge in [-0.1, -0.05) is 84.9 Å². The van der Waals surface area contributed by atoms with Gasteiger partial charge in [0.15, 0.2) is 0 Å². The molecule has 0 bridgehead atoms. The van der Waals surface area contributed by atoms with E-state index in [4.69, 9.17) is 0 Å². The van der Waals surface area contributed by atoms with Crippen LogP contribution in [0.5, 0.6) is 0 Å². The van der Waals surface area contributed by atoms with E-state index in [-0.39, 0.29) is 0 Å². The zero-order valence-electron chi connectivity index (χ0n) is 17.1. The first kappa shape index (κ1) is 16.2. The molecule has 0 saturated heterocycles. The first-order valence-corrected chi connectivity index (χ1v) is 10.6. The fourth-order valence-corrected chi connectivity index (χ4v) is 5.90. The van der Waals surface area contributed by atoms with Crippen molar-refractivity contribution in [3.05, 3.63) is 96.1 Å². The summed E-state index contributed by atoms with van der Waals surface area (Å²) in [7, 11) is 0. The zero-order valence-corrected chi connectivity index (χ0v) is 17.1. The largest absolute Gasteiger partial charge is 0.0616 e. The SMILES string of the molecule is Cc1c2ccccc2c2cccc3c4cccc5c6ccccc6c(C)c(c1c23)c54. The maximum absolute atomic E-state index is 2.31. The van der Waals surface area contributed by atoms with E-state index in [1.165, 1.54) is 75.8 Å². The summed E-state index contributed by atoms with van der Waals surface area (Å²) in [5, 5.41) is 16.5. The molecular weight excluding hydrogens is 360 g/mol. The maximum atomic E-state index is 2.31. The van der Waals surface area contributed by atoms with Crippen LogP contribution in [0.15, 0.2) is 84.9 Å². The molecule has 0 unspecified atom stereocenters. The molecule has 0 heterocycles. The van der Waals surface area contributed by atoms with Gasteiger partial charge in [-0.05, 0) is 89.6 Å². The van der Waals surface area contributed by atoms with Crippen LogP contribution in [-0.4, -0.2) is 0 Å². The fourth-order valence-electron chi connectivity index (χ4n) is 5.90. The van der Waals surface area contributed by atoms with E-state index >= 15 is 0 Å². The number of benzene rings is 7. The molecule has 0 fully saturated rings. The molecule has 0 atom stereocenters. The topological polar surface area (TPSA) is 0 Å². The third-order valence-corrected chi connectivity index (χ3v) is 7.16. The van der Waals surface area contributed by atoms with E-state index in [0.717, 1.165) is 0 Å². The van der Waals surface area contributed by atoms with Crippen LogP contribution in [0.2, 0.25) is 0 Å². The highest BCUT2D eigenvalue weighted by atomic mass is 14.2. The monoisotopic (exact) mass is 380 g/mol. The van der Waals surface area contributed by atoms with Crippen molar-refractivity contribution in [2.24, 2.45) is 0 Å². The van der Waals surface area contributed by atoms with Crippen LogP contribution in [0.25, 0.3) is 64.6 Å². The molecule has 30 heavy (non-hydrogen) atoms. The number of hydrogen-bond donors (Lipinski definition) is 0. The average Bonchev–Trinajstić information content (AvgIpc) is 2.81. The molecule has 0 nitrogen and oxygen atoms in total. The molecule has 140 valence electrons. The lowest BCUT2D eigenvalue weighted by Gasteiger charge is -2.21. The minimum atomic E-state index is 1.35. The highest BCUT2D eigenvalue weighted by Crippen LogP contribution is 2.47. The lowest BCUT2D eigenvalue weighted by molar-refractivity contribution is 1.57. The van der Waals surface area contributed by atoms with Gasteiger partial charge in [0.1, 0.15) is 0 Å². The molecule has 0 saturated carbocycles. The normalized spacial score (nSPS) is 12.3. The maximum Gasteiger partial charge on any atom is -0.00171 e. The summed E-state index contributed by atoms with van der Waals surface area (Å²) in [4.78, 5) is 0. The van der Waals surface area contributed by atoms with Gasteiger partial charge in [-0.2, -0.15) is 0 Å².